The van der Waals surface area contributed by atoms with Crippen LogP contribution < -0.4 is 0 Å². The van der Waals surface area contributed by atoms with Crippen LogP contribution in [0.1, 0.15) is 49.8 Å². The zero-order valence-electron chi connectivity index (χ0n) is 11.9. The molecule has 2 rings (SSSR count). The summed E-state index contributed by atoms with van der Waals surface area (Å²) in [5, 5.41) is 10.9. The average molecular weight is 248 g/mol. The van der Waals surface area contributed by atoms with Gasteiger partial charge in [0.05, 0.1) is 11.2 Å². The van der Waals surface area contributed by atoms with Gasteiger partial charge in [0.2, 0.25) is 0 Å². The van der Waals surface area contributed by atoms with Gasteiger partial charge < -0.3 is 9.84 Å². The van der Waals surface area contributed by atoms with Crippen LogP contribution in [0.2, 0.25) is 0 Å². The lowest BCUT2D eigenvalue weighted by atomic mass is 9.86. The molecule has 18 heavy (non-hydrogen) atoms. The van der Waals surface area contributed by atoms with Crippen LogP contribution in [0, 0.1) is 6.92 Å². The second kappa shape index (κ2) is 4.67. The summed E-state index contributed by atoms with van der Waals surface area (Å²) in [6, 6.07) is 6.43. The van der Waals surface area contributed by atoms with E-state index in [1.165, 1.54) is 11.1 Å². The summed E-state index contributed by atoms with van der Waals surface area (Å²) in [5.41, 5.74) is 2.84. The SMILES string of the molecule is COC(C)(C)CCC1(O)CCc2ccc(C)cc21. The minimum Gasteiger partial charge on any atom is -0.385 e. The molecule has 1 N–H and O–H groups in total. The van der Waals surface area contributed by atoms with Crippen molar-refractivity contribution in [3.63, 3.8) is 0 Å². The molecule has 1 aromatic carbocycles. The minimum absolute atomic E-state index is 0.164. The molecule has 1 aliphatic carbocycles. The van der Waals surface area contributed by atoms with E-state index in [1.54, 1.807) is 7.11 Å². The lowest BCUT2D eigenvalue weighted by Crippen LogP contribution is -2.29. The highest BCUT2D eigenvalue weighted by atomic mass is 16.5. The number of benzene rings is 1. The maximum atomic E-state index is 10.9. The first-order chi connectivity index (χ1) is 8.36. The van der Waals surface area contributed by atoms with Crippen LogP contribution in [0.25, 0.3) is 0 Å². The van der Waals surface area contributed by atoms with E-state index in [-0.39, 0.29) is 5.60 Å². The molecule has 100 valence electrons. The van der Waals surface area contributed by atoms with Gasteiger partial charge in [0, 0.05) is 7.11 Å². The van der Waals surface area contributed by atoms with Crippen molar-refractivity contribution in [3.05, 3.63) is 34.9 Å². The topological polar surface area (TPSA) is 29.5 Å². The van der Waals surface area contributed by atoms with E-state index in [9.17, 15) is 5.11 Å². The molecule has 1 unspecified atom stereocenters. The molecule has 1 aliphatic rings. The summed E-state index contributed by atoms with van der Waals surface area (Å²) in [4.78, 5) is 0. The van der Waals surface area contributed by atoms with E-state index in [2.05, 4.69) is 39.0 Å². The van der Waals surface area contributed by atoms with Crippen molar-refractivity contribution < 1.29 is 9.84 Å². The number of hydrogen-bond donors (Lipinski definition) is 1. The fourth-order valence-corrected chi connectivity index (χ4v) is 2.69. The van der Waals surface area contributed by atoms with Gasteiger partial charge in [-0.05, 0) is 57.6 Å². The van der Waals surface area contributed by atoms with Gasteiger partial charge >= 0.3 is 0 Å². The van der Waals surface area contributed by atoms with E-state index in [0.717, 1.165) is 31.2 Å². The van der Waals surface area contributed by atoms with E-state index in [4.69, 9.17) is 4.74 Å². The number of hydrogen-bond acceptors (Lipinski definition) is 2. The molecule has 0 fully saturated rings. The molecule has 0 heterocycles. The number of rotatable bonds is 4. The first-order valence-corrected chi connectivity index (χ1v) is 6.74. The molecule has 0 aliphatic heterocycles. The Morgan fingerprint density at radius 3 is 2.78 bits per heavy atom. The zero-order chi connectivity index (χ0) is 13.4. The Morgan fingerprint density at radius 2 is 2.11 bits per heavy atom. The molecule has 0 radical (unpaired) electrons. The third-order valence-electron chi connectivity index (χ3n) is 4.27. The summed E-state index contributed by atoms with van der Waals surface area (Å²) < 4.78 is 5.44. The summed E-state index contributed by atoms with van der Waals surface area (Å²) in [7, 11) is 1.73. The lowest BCUT2D eigenvalue weighted by Gasteiger charge is -2.30. The van der Waals surface area contributed by atoms with Gasteiger partial charge in [0.1, 0.15) is 0 Å². The minimum atomic E-state index is -0.656. The number of methoxy groups -OCH3 is 1. The number of fused-ring (bicyclic) bond motifs is 1. The van der Waals surface area contributed by atoms with Crippen LogP contribution in [-0.4, -0.2) is 17.8 Å². The van der Waals surface area contributed by atoms with Crippen LogP contribution in [0.3, 0.4) is 0 Å². The summed E-state index contributed by atoms with van der Waals surface area (Å²) in [6.45, 7) is 6.23. The second-order valence-corrected chi connectivity index (χ2v) is 6.16. The fraction of sp³-hybridized carbons (Fsp3) is 0.625. The molecule has 2 heteroatoms. The Labute approximate surface area is 110 Å². The molecule has 0 amide bonds. The largest absolute Gasteiger partial charge is 0.385 e. The second-order valence-electron chi connectivity index (χ2n) is 6.16. The number of aliphatic hydroxyl groups is 1. The zero-order valence-corrected chi connectivity index (χ0v) is 11.9. The maximum Gasteiger partial charge on any atom is 0.0903 e. The quantitative estimate of drug-likeness (QED) is 0.885. The van der Waals surface area contributed by atoms with Crippen LogP contribution in [0.5, 0.6) is 0 Å². The van der Waals surface area contributed by atoms with Gasteiger partial charge in [-0.2, -0.15) is 0 Å². The number of ether oxygens (including phenoxy) is 1. The normalized spacial score (nSPS) is 23.2. The molecule has 0 saturated carbocycles. The van der Waals surface area contributed by atoms with Gasteiger partial charge in [-0.1, -0.05) is 23.8 Å². The van der Waals surface area contributed by atoms with Crippen LogP contribution in [0.15, 0.2) is 18.2 Å². The van der Waals surface area contributed by atoms with Gasteiger partial charge in [-0.15, -0.1) is 0 Å². The van der Waals surface area contributed by atoms with Crippen LogP contribution in [-0.2, 0) is 16.8 Å². The Balaban J connectivity index is 2.17. The Morgan fingerprint density at radius 1 is 1.39 bits per heavy atom. The first kappa shape index (κ1) is 13.6. The third-order valence-corrected chi connectivity index (χ3v) is 4.27. The summed E-state index contributed by atoms with van der Waals surface area (Å²) in [6.07, 6.45) is 3.46. The van der Waals surface area contributed by atoms with E-state index in [1.807, 2.05) is 0 Å². The number of aryl methyl sites for hydroxylation is 2. The highest BCUT2D eigenvalue weighted by Crippen LogP contribution is 2.41. The Kier molecular flexibility index (Phi) is 3.52. The molecule has 0 spiro atoms. The summed E-state index contributed by atoms with van der Waals surface area (Å²) >= 11 is 0. The molecule has 0 bridgehead atoms. The van der Waals surface area contributed by atoms with Gasteiger partial charge in [-0.25, -0.2) is 0 Å². The van der Waals surface area contributed by atoms with E-state index < -0.39 is 5.60 Å². The van der Waals surface area contributed by atoms with Gasteiger partial charge in [0.25, 0.3) is 0 Å². The highest BCUT2D eigenvalue weighted by Gasteiger charge is 2.37. The lowest BCUT2D eigenvalue weighted by molar-refractivity contribution is -0.0280. The van der Waals surface area contributed by atoms with Crippen molar-refractivity contribution in [1.82, 2.24) is 0 Å². The van der Waals surface area contributed by atoms with E-state index in [0.29, 0.717) is 0 Å². The summed E-state index contributed by atoms with van der Waals surface area (Å²) in [5.74, 6) is 0. The first-order valence-electron chi connectivity index (χ1n) is 6.74. The van der Waals surface area contributed by atoms with Crippen LogP contribution >= 0.6 is 0 Å². The monoisotopic (exact) mass is 248 g/mol. The van der Waals surface area contributed by atoms with Crippen LogP contribution in [0.4, 0.5) is 0 Å². The van der Waals surface area contributed by atoms with Crippen molar-refractivity contribution in [2.45, 2.75) is 57.7 Å². The molecule has 0 saturated heterocycles. The molecule has 2 nitrogen and oxygen atoms in total. The van der Waals surface area contributed by atoms with Crippen molar-refractivity contribution >= 4 is 0 Å². The Hall–Kier alpha value is -0.860. The molecular formula is C16H24O2. The molecule has 0 aromatic heterocycles. The van der Waals surface area contributed by atoms with Gasteiger partial charge in [-0.3, -0.25) is 0 Å². The highest BCUT2D eigenvalue weighted by molar-refractivity contribution is 5.39. The predicted octanol–water partition coefficient (Wildman–Crippen LogP) is 3.33. The molecular weight excluding hydrogens is 224 g/mol. The average Bonchev–Trinajstić information content (AvgIpc) is 2.66. The maximum absolute atomic E-state index is 10.9. The standard InChI is InChI=1S/C16H24O2/c1-12-5-6-13-7-8-16(17,14(13)11-12)10-9-15(2,3)18-4/h5-6,11,17H,7-10H2,1-4H3. The van der Waals surface area contributed by atoms with Crippen molar-refractivity contribution in [2.24, 2.45) is 0 Å². The smallest absolute Gasteiger partial charge is 0.0903 e. The third kappa shape index (κ3) is 2.60. The van der Waals surface area contributed by atoms with Crippen molar-refractivity contribution in [2.75, 3.05) is 7.11 Å². The molecule has 1 aromatic rings. The van der Waals surface area contributed by atoms with Crippen molar-refractivity contribution in [1.29, 1.82) is 0 Å². The van der Waals surface area contributed by atoms with Gasteiger partial charge in [0.15, 0.2) is 0 Å². The van der Waals surface area contributed by atoms with E-state index >= 15 is 0 Å². The van der Waals surface area contributed by atoms with Crippen molar-refractivity contribution in [3.8, 4) is 0 Å². The molecule has 1 atom stereocenters. The fourth-order valence-electron chi connectivity index (χ4n) is 2.69. The predicted molar refractivity (Wildman–Crippen MR) is 73.7 cm³/mol. The Bertz CT molecular complexity index is 437.